The van der Waals surface area contributed by atoms with Gasteiger partial charge < -0.3 is 25.2 Å². The molecule has 0 aliphatic rings. The maximum Gasteiger partial charge on any atom is 0.191 e. The molecule has 0 bridgehead atoms. The second-order valence-corrected chi connectivity index (χ2v) is 4.78. The van der Waals surface area contributed by atoms with Gasteiger partial charge in [0.25, 0.3) is 0 Å². The summed E-state index contributed by atoms with van der Waals surface area (Å²) in [4.78, 5) is 4.46. The molecule has 0 radical (unpaired) electrons. The first-order valence-electron chi connectivity index (χ1n) is 7.58. The van der Waals surface area contributed by atoms with Gasteiger partial charge in [-0.05, 0) is 31.4 Å². The lowest BCUT2D eigenvalue weighted by Crippen LogP contribution is -2.38. The molecule has 0 saturated heterocycles. The third-order valence-corrected chi connectivity index (χ3v) is 3.10. The third-order valence-electron chi connectivity index (χ3n) is 3.10. The highest BCUT2D eigenvalue weighted by Gasteiger charge is 2.04. The lowest BCUT2D eigenvalue weighted by molar-refractivity contribution is 0.197. The van der Waals surface area contributed by atoms with E-state index in [0.29, 0.717) is 25.3 Å². The third kappa shape index (κ3) is 6.67. The number of aliphatic imine (C=N–C) groups is 1. The van der Waals surface area contributed by atoms with Gasteiger partial charge in [-0.3, -0.25) is 4.99 Å². The van der Waals surface area contributed by atoms with Crippen molar-refractivity contribution < 1.29 is 14.6 Å². The smallest absolute Gasteiger partial charge is 0.191 e. The molecule has 0 saturated carbocycles. The van der Waals surface area contributed by atoms with Crippen molar-refractivity contribution in [3.05, 3.63) is 23.8 Å². The fourth-order valence-corrected chi connectivity index (χ4v) is 1.94. The number of benzene rings is 1. The second kappa shape index (κ2) is 10.7. The van der Waals surface area contributed by atoms with Crippen LogP contribution in [0.4, 0.5) is 0 Å². The molecule has 1 aromatic rings. The van der Waals surface area contributed by atoms with E-state index in [0.717, 1.165) is 31.0 Å². The summed E-state index contributed by atoms with van der Waals surface area (Å²) in [7, 11) is 3.27. The zero-order valence-electron chi connectivity index (χ0n) is 13.7. The highest BCUT2D eigenvalue weighted by atomic mass is 16.5. The molecular formula is C16H27N3O3. The topological polar surface area (TPSA) is 75.1 Å². The molecule has 0 spiro atoms. The van der Waals surface area contributed by atoms with Crippen LogP contribution >= 0.6 is 0 Å². The van der Waals surface area contributed by atoms with E-state index < -0.39 is 0 Å². The van der Waals surface area contributed by atoms with Crippen molar-refractivity contribution in [3.63, 3.8) is 0 Å². The monoisotopic (exact) mass is 309 g/mol. The van der Waals surface area contributed by atoms with Gasteiger partial charge in [0.1, 0.15) is 11.5 Å². The summed E-state index contributed by atoms with van der Waals surface area (Å²) in [6, 6.07) is 5.34. The van der Waals surface area contributed by atoms with Gasteiger partial charge in [-0.15, -0.1) is 0 Å². The molecule has 0 fully saturated rings. The van der Waals surface area contributed by atoms with Crippen LogP contribution in [0.15, 0.2) is 23.2 Å². The minimum absolute atomic E-state index is 0.253. The molecule has 0 atom stereocenters. The molecular weight excluding hydrogens is 282 g/mol. The quantitative estimate of drug-likeness (QED) is 0.366. The van der Waals surface area contributed by atoms with Crippen LogP contribution < -0.4 is 15.4 Å². The summed E-state index contributed by atoms with van der Waals surface area (Å²) >= 11 is 0. The molecule has 0 unspecified atom stereocenters. The fourth-order valence-electron chi connectivity index (χ4n) is 1.94. The number of phenols is 1. The van der Waals surface area contributed by atoms with Crippen LogP contribution in [0.25, 0.3) is 0 Å². The Morgan fingerprint density at radius 1 is 1.27 bits per heavy atom. The van der Waals surface area contributed by atoms with Crippen molar-refractivity contribution >= 4 is 5.96 Å². The molecule has 0 aliphatic carbocycles. The molecule has 0 aromatic heterocycles. The number of aromatic hydroxyl groups is 1. The first-order valence-corrected chi connectivity index (χ1v) is 7.58. The maximum absolute atomic E-state index is 9.92. The zero-order chi connectivity index (χ0) is 16.2. The van der Waals surface area contributed by atoms with E-state index in [4.69, 9.17) is 9.47 Å². The van der Waals surface area contributed by atoms with Crippen molar-refractivity contribution in [2.45, 2.75) is 19.8 Å². The van der Waals surface area contributed by atoms with Crippen LogP contribution in [0.2, 0.25) is 0 Å². The zero-order valence-corrected chi connectivity index (χ0v) is 13.7. The van der Waals surface area contributed by atoms with Crippen molar-refractivity contribution in [2.75, 3.05) is 40.5 Å². The number of nitrogens with zero attached hydrogens (tertiary/aromatic N) is 1. The van der Waals surface area contributed by atoms with Crippen molar-refractivity contribution in [2.24, 2.45) is 4.99 Å². The molecule has 124 valence electrons. The summed E-state index contributed by atoms with van der Waals surface area (Å²) < 4.78 is 10.1. The van der Waals surface area contributed by atoms with E-state index in [9.17, 15) is 5.11 Å². The Hall–Kier alpha value is -1.95. The summed E-state index contributed by atoms with van der Waals surface area (Å²) in [5.74, 6) is 1.69. The van der Waals surface area contributed by atoms with E-state index in [1.807, 2.05) is 19.1 Å². The van der Waals surface area contributed by atoms with E-state index in [1.165, 1.54) is 0 Å². The van der Waals surface area contributed by atoms with Crippen molar-refractivity contribution in [1.29, 1.82) is 0 Å². The predicted molar refractivity (Wildman–Crippen MR) is 88.8 cm³/mol. The summed E-state index contributed by atoms with van der Waals surface area (Å²) in [6.07, 6.45) is 1.60. The summed E-state index contributed by atoms with van der Waals surface area (Å²) in [5, 5.41) is 16.4. The van der Waals surface area contributed by atoms with Gasteiger partial charge in [0.2, 0.25) is 0 Å². The highest BCUT2D eigenvalue weighted by Crippen LogP contribution is 2.23. The summed E-state index contributed by atoms with van der Waals surface area (Å²) in [6.45, 7) is 4.96. The lowest BCUT2D eigenvalue weighted by atomic mass is 10.1. The molecule has 0 amide bonds. The second-order valence-electron chi connectivity index (χ2n) is 4.78. The Morgan fingerprint density at radius 3 is 2.73 bits per heavy atom. The van der Waals surface area contributed by atoms with Gasteiger partial charge in [-0.2, -0.15) is 0 Å². The standard InChI is InChI=1S/C16H27N3O3/c1-4-17-16(18-9-5-11-21-2)19-10-8-13-6-7-14(22-3)12-15(13)20/h6-7,12,20H,4-5,8-11H2,1-3H3,(H2,17,18,19). The van der Waals surface area contributed by atoms with Crippen molar-refractivity contribution in [1.82, 2.24) is 10.6 Å². The van der Waals surface area contributed by atoms with Crippen LogP contribution in [0.1, 0.15) is 18.9 Å². The number of methoxy groups -OCH3 is 2. The van der Waals surface area contributed by atoms with E-state index in [2.05, 4.69) is 15.6 Å². The van der Waals surface area contributed by atoms with Crippen LogP contribution in [0.3, 0.4) is 0 Å². The van der Waals surface area contributed by atoms with Crippen LogP contribution in [0, 0.1) is 0 Å². The largest absolute Gasteiger partial charge is 0.508 e. The minimum atomic E-state index is 0.253. The molecule has 0 heterocycles. The molecule has 3 N–H and O–H groups in total. The minimum Gasteiger partial charge on any atom is -0.508 e. The number of rotatable bonds is 9. The maximum atomic E-state index is 9.92. The van der Waals surface area contributed by atoms with E-state index in [1.54, 1.807) is 20.3 Å². The van der Waals surface area contributed by atoms with E-state index in [-0.39, 0.29) is 5.75 Å². The first kappa shape index (κ1) is 18.1. The molecule has 1 aromatic carbocycles. The van der Waals surface area contributed by atoms with Gasteiger partial charge in [0.05, 0.1) is 7.11 Å². The van der Waals surface area contributed by atoms with Crippen LogP contribution in [0.5, 0.6) is 11.5 Å². The van der Waals surface area contributed by atoms with Gasteiger partial charge >= 0.3 is 0 Å². The van der Waals surface area contributed by atoms with E-state index >= 15 is 0 Å². The van der Waals surface area contributed by atoms with Gasteiger partial charge in [0.15, 0.2) is 5.96 Å². The Kier molecular flexibility index (Phi) is 8.83. The number of ether oxygens (including phenoxy) is 2. The Balaban J connectivity index is 2.44. The van der Waals surface area contributed by atoms with Gasteiger partial charge in [-0.1, -0.05) is 6.07 Å². The number of guanidine groups is 1. The number of phenolic OH excluding ortho intramolecular Hbond substituents is 1. The Morgan fingerprint density at radius 2 is 2.09 bits per heavy atom. The van der Waals surface area contributed by atoms with Crippen LogP contribution in [-0.4, -0.2) is 51.5 Å². The SMILES string of the molecule is CCNC(=NCCCOC)NCCc1ccc(OC)cc1O. The molecule has 1 rings (SSSR count). The predicted octanol–water partition coefficient (Wildman–Crippen LogP) is 1.53. The van der Waals surface area contributed by atoms with Crippen LogP contribution in [-0.2, 0) is 11.2 Å². The molecule has 6 heteroatoms. The lowest BCUT2D eigenvalue weighted by Gasteiger charge is -2.12. The highest BCUT2D eigenvalue weighted by molar-refractivity contribution is 5.79. The first-order chi connectivity index (χ1) is 10.7. The Labute approximate surface area is 132 Å². The summed E-state index contributed by atoms with van der Waals surface area (Å²) in [5.41, 5.74) is 0.878. The fraction of sp³-hybridized carbons (Fsp3) is 0.562. The molecule has 22 heavy (non-hydrogen) atoms. The number of hydrogen-bond acceptors (Lipinski definition) is 4. The average molecular weight is 309 g/mol. The number of nitrogens with one attached hydrogen (secondary N) is 2. The average Bonchev–Trinajstić information content (AvgIpc) is 2.52. The Bertz CT molecular complexity index is 464. The van der Waals surface area contributed by atoms with Gasteiger partial charge in [0, 0.05) is 39.4 Å². The number of hydrogen-bond donors (Lipinski definition) is 3. The molecule has 6 nitrogen and oxygen atoms in total. The normalized spacial score (nSPS) is 11.3. The molecule has 0 aliphatic heterocycles. The van der Waals surface area contributed by atoms with Crippen molar-refractivity contribution in [3.8, 4) is 11.5 Å². The van der Waals surface area contributed by atoms with Gasteiger partial charge in [-0.25, -0.2) is 0 Å².